The summed E-state index contributed by atoms with van der Waals surface area (Å²) >= 11 is 0. The SMILES string of the molecule is Cc1cccc(C(=O)NN=C2CCCCC2C)c1. The molecule has 0 radical (unpaired) electrons. The third kappa shape index (κ3) is 3.19. The molecule has 0 saturated heterocycles. The van der Waals surface area contributed by atoms with Gasteiger partial charge in [-0.15, -0.1) is 0 Å². The Morgan fingerprint density at radius 3 is 2.94 bits per heavy atom. The zero-order valence-electron chi connectivity index (χ0n) is 11.1. The van der Waals surface area contributed by atoms with E-state index in [4.69, 9.17) is 0 Å². The number of hydrogen-bond donors (Lipinski definition) is 1. The van der Waals surface area contributed by atoms with Gasteiger partial charge in [-0.05, 0) is 44.2 Å². The lowest BCUT2D eigenvalue weighted by atomic mass is 9.89. The van der Waals surface area contributed by atoms with Crippen LogP contribution in [0.1, 0.15) is 48.5 Å². The number of nitrogens with one attached hydrogen (secondary N) is 1. The van der Waals surface area contributed by atoms with E-state index in [9.17, 15) is 4.79 Å². The van der Waals surface area contributed by atoms with Gasteiger partial charge in [0.1, 0.15) is 0 Å². The maximum Gasteiger partial charge on any atom is 0.271 e. The molecule has 0 heterocycles. The number of rotatable bonds is 2. The van der Waals surface area contributed by atoms with Gasteiger partial charge in [-0.3, -0.25) is 4.79 Å². The first-order valence-corrected chi connectivity index (χ1v) is 6.60. The molecule has 1 unspecified atom stereocenters. The molecule has 1 amide bonds. The van der Waals surface area contributed by atoms with Gasteiger partial charge in [0.15, 0.2) is 0 Å². The third-order valence-electron chi connectivity index (χ3n) is 3.47. The average molecular weight is 244 g/mol. The highest BCUT2D eigenvalue weighted by Crippen LogP contribution is 2.20. The van der Waals surface area contributed by atoms with Gasteiger partial charge in [-0.1, -0.05) is 31.0 Å². The van der Waals surface area contributed by atoms with Crippen LogP contribution in [0.15, 0.2) is 29.4 Å². The van der Waals surface area contributed by atoms with Crippen molar-refractivity contribution >= 4 is 11.6 Å². The standard InChI is InChI=1S/C15H20N2O/c1-11-6-5-8-13(10-11)15(18)17-16-14-9-4-3-7-12(14)2/h5-6,8,10,12H,3-4,7,9H2,1-2H3,(H,17,18). The summed E-state index contributed by atoms with van der Waals surface area (Å²) in [6, 6.07) is 7.55. The fourth-order valence-electron chi connectivity index (χ4n) is 2.31. The van der Waals surface area contributed by atoms with Gasteiger partial charge in [0.2, 0.25) is 0 Å². The third-order valence-corrected chi connectivity index (χ3v) is 3.47. The van der Waals surface area contributed by atoms with Crippen LogP contribution in [0.4, 0.5) is 0 Å². The van der Waals surface area contributed by atoms with Crippen LogP contribution in [-0.2, 0) is 0 Å². The normalized spacial score (nSPS) is 21.9. The topological polar surface area (TPSA) is 41.5 Å². The van der Waals surface area contributed by atoms with Gasteiger partial charge in [0.05, 0.1) is 0 Å². The van der Waals surface area contributed by atoms with Crippen LogP contribution in [-0.4, -0.2) is 11.6 Å². The summed E-state index contributed by atoms with van der Waals surface area (Å²) in [5.41, 5.74) is 5.56. The second kappa shape index (κ2) is 5.80. The lowest BCUT2D eigenvalue weighted by molar-refractivity contribution is 0.0954. The summed E-state index contributed by atoms with van der Waals surface area (Å²) in [5, 5.41) is 4.29. The Morgan fingerprint density at radius 1 is 1.39 bits per heavy atom. The Kier molecular flexibility index (Phi) is 4.13. The molecule has 0 spiro atoms. The molecule has 1 aliphatic rings. The molecule has 0 bridgehead atoms. The first kappa shape index (κ1) is 12.8. The minimum atomic E-state index is -0.121. The number of aryl methyl sites for hydroxylation is 1. The average Bonchev–Trinajstić information content (AvgIpc) is 2.37. The quantitative estimate of drug-likeness (QED) is 0.797. The molecule has 1 aromatic rings. The number of hydrazone groups is 1. The molecule has 1 saturated carbocycles. The maximum atomic E-state index is 11.9. The zero-order chi connectivity index (χ0) is 13.0. The van der Waals surface area contributed by atoms with Crippen molar-refractivity contribution in [3.63, 3.8) is 0 Å². The van der Waals surface area contributed by atoms with E-state index in [-0.39, 0.29) is 5.91 Å². The second-order valence-electron chi connectivity index (χ2n) is 5.06. The lowest BCUT2D eigenvalue weighted by Gasteiger charge is -2.19. The van der Waals surface area contributed by atoms with Crippen LogP contribution in [0, 0.1) is 12.8 Å². The molecule has 1 aromatic carbocycles. The number of benzene rings is 1. The molecule has 1 atom stereocenters. The van der Waals surface area contributed by atoms with Crippen molar-refractivity contribution < 1.29 is 4.79 Å². The number of amides is 1. The van der Waals surface area contributed by atoms with Crippen molar-refractivity contribution in [1.82, 2.24) is 5.43 Å². The smallest absolute Gasteiger partial charge is 0.267 e. The van der Waals surface area contributed by atoms with E-state index in [0.29, 0.717) is 11.5 Å². The fraction of sp³-hybridized carbons (Fsp3) is 0.467. The predicted octanol–water partition coefficient (Wildman–Crippen LogP) is 3.29. The largest absolute Gasteiger partial charge is 0.271 e. The van der Waals surface area contributed by atoms with Crippen LogP contribution < -0.4 is 5.43 Å². The lowest BCUT2D eigenvalue weighted by Crippen LogP contribution is -2.24. The van der Waals surface area contributed by atoms with Gasteiger partial charge in [0, 0.05) is 11.3 Å². The van der Waals surface area contributed by atoms with Gasteiger partial charge < -0.3 is 0 Å². The van der Waals surface area contributed by atoms with E-state index in [2.05, 4.69) is 17.5 Å². The highest BCUT2D eigenvalue weighted by Gasteiger charge is 2.16. The van der Waals surface area contributed by atoms with Crippen molar-refractivity contribution in [2.45, 2.75) is 39.5 Å². The van der Waals surface area contributed by atoms with E-state index in [1.165, 1.54) is 19.3 Å². The molecular formula is C15H20N2O. The number of carbonyl (C=O) groups excluding carboxylic acids is 1. The van der Waals surface area contributed by atoms with E-state index in [0.717, 1.165) is 17.7 Å². The summed E-state index contributed by atoms with van der Waals surface area (Å²) in [7, 11) is 0. The molecule has 2 rings (SSSR count). The molecule has 96 valence electrons. The summed E-state index contributed by atoms with van der Waals surface area (Å²) < 4.78 is 0. The first-order valence-electron chi connectivity index (χ1n) is 6.60. The minimum absolute atomic E-state index is 0.121. The van der Waals surface area contributed by atoms with Crippen molar-refractivity contribution in [3.8, 4) is 0 Å². The van der Waals surface area contributed by atoms with Crippen molar-refractivity contribution in [2.75, 3.05) is 0 Å². The molecule has 1 N–H and O–H groups in total. The maximum absolute atomic E-state index is 11.9. The molecule has 1 aliphatic carbocycles. The second-order valence-corrected chi connectivity index (χ2v) is 5.06. The van der Waals surface area contributed by atoms with E-state index < -0.39 is 0 Å². The minimum Gasteiger partial charge on any atom is -0.267 e. The summed E-state index contributed by atoms with van der Waals surface area (Å²) in [4.78, 5) is 11.9. The zero-order valence-corrected chi connectivity index (χ0v) is 11.1. The Balaban J connectivity index is 2.01. The van der Waals surface area contributed by atoms with Gasteiger partial charge >= 0.3 is 0 Å². The molecule has 0 aromatic heterocycles. The van der Waals surface area contributed by atoms with Crippen molar-refractivity contribution in [3.05, 3.63) is 35.4 Å². The molecular weight excluding hydrogens is 224 g/mol. The molecule has 18 heavy (non-hydrogen) atoms. The van der Waals surface area contributed by atoms with E-state index in [1.54, 1.807) is 0 Å². The predicted molar refractivity (Wildman–Crippen MR) is 73.7 cm³/mol. The summed E-state index contributed by atoms with van der Waals surface area (Å²) in [5.74, 6) is 0.375. The molecule has 1 fully saturated rings. The summed E-state index contributed by atoms with van der Waals surface area (Å²) in [6.07, 6.45) is 4.64. The molecule has 3 nitrogen and oxygen atoms in total. The van der Waals surface area contributed by atoms with Gasteiger partial charge in [-0.2, -0.15) is 5.10 Å². The Morgan fingerprint density at radius 2 is 2.22 bits per heavy atom. The highest BCUT2D eigenvalue weighted by molar-refractivity contribution is 5.96. The number of nitrogens with zero attached hydrogens (tertiary/aromatic N) is 1. The molecule has 0 aliphatic heterocycles. The van der Waals surface area contributed by atoms with Crippen molar-refractivity contribution in [2.24, 2.45) is 11.0 Å². The van der Waals surface area contributed by atoms with Crippen LogP contribution in [0.2, 0.25) is 0 Å². The van der Waals surface area contributed by atoms with Crippen LogP contribution in [0.25, 0.3) is 0 Å². The number of carbonyl (C=O) groups is 1. The Labute approximate surface area is 108 Å². The van der Waals surface area contributed by atoms with Gasteiger partial charge in [-0.25, -0.2) is 5.43 Å². The Hall–Kier alpha value is -1.64. The van der Waals surface area contributed by atoms with Gasteiger partial charge in [0.25, 0.3) is 5.91 Å². The van der Waals surface area contributed by atoms with Crippen LogP contribution >= 0.6 is 0 Å². The fourth-order valence-corrected chi connectivity index (χ4v) is 2.31. The van der Waals surface area contributed by atoms with E-state index in [1.807, 2.05) is 31.2 Å². The van der Waals surface area contributed by atoms with Crippen LogP contribution in [0.3, 0.4) is 0 Å². The molecule has 3 heteroatoms. The highest BCUT2D eigenvalue weighted by atomic mass is 16.2. The first-order chi connectivity index (χ1) is 8.66. The Bertz CT molecular complexity index is 465. The number of hydrogen-bond acceptors (Lipinski definition) is 2. The summed E-state index contributed by atoms with van der Waals surface area (Å²) in [6.45, 7) is 4.16. The van der Waals surface area contributed by atoms with E-state index >= 15 is 0 Å². The van der Waals surface area contributed by atoms with Crippen LogP contribution in [0.5, 0.6) is 0 Å². The monoisotopic (exact) mass is 244 g/mol. The van der Waals surface area contributed by atoms with Crippen molar-refractivity contribution in [1.29, 1.82) is 0 Å².